The molecule has 0 spiro atoms. The van der Waals surface area contributed by atoms with E-state index in [1.807, 2.05) is 29.6 Å². The van der Waals surface area contributed by atoms with Crippen LogP contribution >= 0.6 is 51.1 Å². The van der Waals surface area contributed by atoms with E-state index in [1.54, 1.807) is 24.3 Å². The van der Waals surface area contributed by atoms with E-state index < -0.39 is 0 Å². The van der Waals surface area contributed by atoms with Crippen LogP contribution in [0.1, 0.15) is 10.4 Å². The molecule has 3 rings (SSSR count). The minimum absolute atomic E-state index is 0.199. The predicted octanol–water partition coefficient (Wildman–Crippen LogP) is 5.35. The number of halogens is 2. The molecule has 0 fully saturated rings. The van der Waals surface area contributed by atoms with Gasteiger partial charge in [-0.3, -0.25) is 10.1 Å². The van der Waals surface area contributed by atoms with Crippen LogP contribution in [0.2, 0.25) is 5.02 Å². The Bertz CT molecular complexity index is 910. The Kier molecular flexibility index (Phi) is 5.80. The number of carbonyl (C=O) groups is 1. The molecule has 1 heterocycles. The lowest BCUT2D eigenvalue weighted by Gasteiger charge is -2.07. The molecule has 0 saturated carbocycles. The molecule has 0 aliphatic heterocycles. The van der Waals surface area contributed by atoms with E-state index in [0.717, 1.165) is 15.7 Å². The first-order chi connectivity index (χ1) is 12.0. The van der Waals surface area contributed by atoms with Crippen molar-refractivity contribution >= 4 is 67.2 Å². The normalized spacial score (nSPS) is 10.3. The summed E-state index contributed by atoms with van der Waals surface area (Å²) in [6.45, 7) is 0. The van der Waals surface area contributed by atoms with Crippen molar-refractivity contribution in [3.05, 3.63) is 69.0 Å². The number of nitrogens with one attached hydrogen (secondary N) is 2. The number of carbonyl (C=O) groups excluding carboxylic acids is 1. The van der Waals surface area contributed by atoms with Crippen LogP contribution in [0.25, 0.3) is 11.3 Å². The third-order valence-corrected chi connectivity index (χ3v) is 4.94. The number of aromatic nitrogens is 1. The van der Waals surface area contributed by atoms with Gasteiger partial charge < -0.3 is 5.32 Å². The number of nitrogens with zero attached hydrogens (tertiary/aromatic N) is 1. The van der Waals surface area contributed by atoms with E-state index in [1.165, 1.54) is 11.3 Å². The summed E-state index contributed by atoms with van der Waals surface area (Å²) >= 11 is 15.8. The molecule has 0 aliphatic rings. The number of amides is 1. The van der Waals surface area contributed by atoms with Crippen molar-refractivity contribution < 1.29 is 4.79 Å². The fourth-order valence-corrected chi connectivity index (χ4v) is 3.36. The van der Waals surface area contributed by atoms with E-state index >= 15 is 0 Å². The second-order valence-electron chi connectivity index (χ2n) is 4.96. The van der Waals surface area contributed by atoms with E-state index in [-0.39, 0.29) is 11.0 Å². The third-order valence-electron chi connectivity index (χ3n) is 3.20. The molecule has 0 unspecified atom stereocenters. The summed E-state index contributed by atoms with van der Waals surface area (Å²) in [5.41, 5.74) is 2.29. The molecule has 2 aromatic carbocycles. The van der Waals surface area contributed by atoms with E-state index in [9.17, 15) is 4.79 Å². The van der Waals surface area contributed by atoms with Gasteiger partial charge in [0, 0.05) is 26.0 Å². The number of thiazole rings is 1. The molecule has 2 N–H and O–H groups in total. The Morgan fingerprint density at radius 1 is 1.12 bits per heavy atom. The summed E-state index contributed by atoms with van der Waals surface area (Å²) in [4.78, 5) is 16.6. The zero-order chi connectivity index (χ0) is 17.8. The molecule has 4 nitrogen and oxygen atoms in total. The Balaban J connectivity index is 1.62. The van der Waals surface area contributed by atoms with Crippen molar-refractivity contribution in [2.75, 3.05) is 5.32 Å². The first-order valence-corrected chi connectivity index (χ1v) is 9.56. The first-order valence-electron chi connectivity index (χ1n) is 7.10. The molecule has 0 aliphatic carbocycles. The molecule has 3 aromatic rings. The van der Waals surface area contributed by atoms with Crippen LogP contribution in [-0.4, -0.2) is 16.0 Å². The molecular weight excluding hydrogens is 442 g/mol. The minimum atomic E-state index is -0.278. The molecule has 0 atom stereocenters. The minimum Gasteiger partial charge on any atom is -0.308 e. The van der Waals surface area contributed by atoms with Gasteiger partial charge in [0.05, 0.1) is 5.69 Å². The Hall–Kier alpha value is -1.80. The highest BCUT2D eigenvalue weighted by molar-refractivity contribution is 9.10. The van der Waals surface area contributed by atoms with Crippen LogP contribution in [0, 0.1) is 0 Å². The van der Waals surface area contributed by atoms with Gasteiger partial charge in [0.15, 0.2) is 10.2 Å². The van der Waals surface area contributed by atoms with Crippen molar-refractivity contribution in [2.24, 2.45) is 0 Å². The van der Waals surface area contributed by atoms with E-state index in [0.29, 0.717) is 15.7 Å². The summed E-state index contributed by atoms with van der Waals surface area (Å²) in [6.07, 6.45) is 0. The standard InChI is InChI=1S/C17H11BrClN3OS2/c18-12-5-1-11(2-6-12)15(23)21-16(24)22-17-20-14(9-25-17)10-3-7-13(19)8-4-10/h1-9H,(H2,20,21,22,23,24). The van der Waals surface area contributed by atoms with Crippen molar-refractivity contribution in [1.29, 1.82) is 0 Å². The van der Waals surface area contributed by atoms with E-state index in [4.69, 9.17) is 23.8 Å². The van der Waals surface area contributed by atoms with Crippen LogP contribution in [0.5, 0.6) is 0 Å². The zero-order valence-electron chi connectivity index (χ0n) is 12.6. The number of rotatable bonds is 3. The summed E-state index contributed by atoms with van der Waals surface area (Å²) in [7, 11) is 0. The maximum absolute atomic E-state index is 12.1. The van der Waals surface area contributed by atoms with E-state index in [2.05, 4.69) is 31.5 Å². The summed E-state index contributed by atoms with van der Waals surface area (Å²) in [6, 6.07) is 14.4. The molecular formula is C17H11BrClN3OS2. The van der Waals surface area contributed by atoms with Crippen LogP contribution in [0.4, 0.5) is 5.13 Å². The van der Waals surface area contributed by atoms with Gasteiger partial charge in [0.2, 0.25) is 0 Å². The molecule has 8 heteroatoms. The smallest absolute Gasteiger partial charge is 0.257 e. The Morgan fingerprint density at radius 3 is 2.48 bits per heavy atom. The molecule has 25 heavy (non-hydrogen) atoms. The zero-order valence-corrected chi connectivity index (χ0v) is 16.6. The summed E-state index contributed by atoms with van der Waals surface area (Å²) in [5, 5.41) is 8.95. The highest BCUT2D eigenvalue weighted by atomic mass is 79.9. The van der Waals surface area contributed by atoms with Crippen LogP contribution < -0.4 is 10.6 Å². The molecule has 0 radical (unpaired) electrons. The number of hydrogen-bond acceptors (Lipinski definition) is 4. The quantitative estimate of drug-likeness (QED) is 0.526. The highest BCUT2D eigenvalue weighted by Gasteiger charge is 2.10. The van der Waals surface area contributed by atoms with Crippen LogP contribution in [-0.2, 0) is 0 Å². The SMILES string of the molecule is O=C(NC(=S)Nc1nc(-c2ccc(Cl)cc2)cs1)c1ccc(Br)cc1. The summed E-state index contributed by atoms with van der Waals surface area (Å²) in [5.74, 6) is -0.278. The highest BCUT2D eigenvalue weighted by Crippen LogP contribution is 2.25. The Morgan fingerprint density at radius 2 is 1.80 bits per heavy atom. The molecule has 1 aromatic heterocycles. The van der Waals surface area contributed by atoms with Crippen molar-refractivity contribution in [2.45, 2.75) is 0 Å². The Labute approximate surface area is 167 Å². The topological polar surface area (TPSA) is 54.0 Å². The van der Waals surface area contributed by atoms with Gasteiger partial charge in [-0.2, -0.15) is 0 Å². The van der Waals surface area contributed by atoms with Gasteiger partial charge >= 0.3 is 0 Å². The van der Waals surface area contributed by atoms with Gasteiger partial charge in [-0.05, 0) is 48.6 Å². The second kappa shape index (κ2) is 8.05. The van der Waals surface area contributed by atoms with Crippen molar-refractivity contribution in [3.8, 4) is 11.3 Å². The molecule has 0 bridgehead atoms. The van der Waals surface area contributed by atoms with Crippen molar-refractivity contribution in [3.63, 3.8) is 0 Å². The predicted molar refractivity (Wildman–Crippen MR) is 110 cm³/mol. The maximum atomic E-state index is 12.1. The molecule has 126 valence electrons. The lowest BCUT2D eigenvalue weighted by atomic mass is 10.2. The van der Waals surface area contributed by atoms with Crippen molar-refractivity contribution in [1.82, 2.24) is 10.3 Å². The van der Waals surface area contributed by atoms with Gasteiger partial charge in [0.1, 0.15) is 0 Å². The lowest BCUT2D eigenvalue weighted by Crippen LogP contribution is -2.34. The average molecular weight is 453 g/mol. The third kappa shape index (κ3) is 4.85. The molecule has 0 saturated heterocycles. The maximum Gasteiger partial charge on any atom is 0.257 e. The fourth-order valence-electron chi connectivity index (χ4n) is 1.99. The number of thiocarbonyl (C=S) groups is 1. The van der Waals surface area contributed by atoms with Gasteiger partial charge in [-0.25, -0.2) is 4.98 Å². The van der Waals surface area contributed by atoms with Gasteiger partial charge in [0.25, 0.3) is 5.91 Å². The van der Waals surface area contributed by atoms with Crippen LogP contribution in [0.3, 0.4) is 0 Å². The lowest BCUT2D eigenvalue weighted by molar-refractivity contribution is 0.0977. The largest absolute Gasteiger partial charge is 0.308 e. The monoisotopic (exact) mass is 451 g/mol. The number of hydrogen-bond donors (Lipinski definition) is 2. The first kappa shape index (κ1) is 18.0. The van der Waals surface area contributed by atoms with Crippen LogP contribution in [0.15, 0.2) is 58.4 Å². The summed E-state index contributed by atoms with van der Waals surface area (Å²) < 4.78 is 0.905. The molecule has 1 amide bonds. The number of anilines is 1. The van der Waals surface area contributed by atoms with Gasteiger partial charge in [-0.1, -0.05) is 39.7 Å². The van der Waals surface area contributed by atoms with Gasteiger partial charge in [-0.15, -0.1) is 11.3 Å². The number of benzene rings is 2. The average Bonchev–Trinajstić information content (AvgIpc) is 3.04. The fraction of sp³-hybridized carbons (Fsp3) is 0. The second-order valence-corrected chi connectivity index (χ2v) is 7.58.